The van der Waals surface area contributed by atoms with E-state index in [0.29, 0.717) is 5.02 Å². The highest BCUT2D eigenvalue weighted by atomic mass is 35.5. The van der Waals surface area contributed by atoms with Gasteiger partial charge in [-0.1, -0.05) is 18.5 Å². The molecule has 2 rings (SSSR count). The van der Waals surface area contributed by atoms with E-state index in [4.69, 9.17) is 22.1 Å². The van der Waals surface area contributed by atoms with Gasteiger partial charge in [-0.15, -0.1) is 0 Å². The molecule has 0 aliphatic carbocycles. The lowest BCUT2D eigenvalue weighted by molar-refractivity contribution is -0.0420. The summed E-state index contributed by atoms with van der Waals surface area (Å²) in [6, 6.07) is -0.00839. The SMILES string of the molecule is CCCN1CCOC(C(N)c2c(Cl)cnn2C(C)C)C1. The number of aromatic nitrogens is 2. The van der Waals surface area contributed by atoms with E-state index in [1.807, 2.05) is 4.68 Å². The molecule has 2 N–H and O–H groups in total. The summed E-state index contributed by atoms with van der Waals surface area (Å²) in [6.07, 6.45) is 2.79. The van der Waals surface area contributed by atoms with Gasteiger partial charge in [0.05, 0.1) is 35.7 Å². The third-order valence-corrected chi connectivity index (χ3v) is 4.00. The first-order valence-electron chi connectivity index (χ1n) is 7.37. The molecule has 0 amide bonds. The van der Waals surface area contributed by atoms with Gasteiger partial charge in [0.2, 0.25) is 0 Å². The van der Waals surface area contributed by atoms with E-state index in [1.165, 1.54) is 0 Å². The van der Waals surface area contributed by atoms with Crippen molar-refractivity contribution in [3.8, 4) is 0 Å². The van der Waals surface area contributed by atoms with Crippen molar-refractivity contribution in [1.82, 2.24) is 14.7 Å². The molecule has 1 fully saturated rings. The molecule has 2 atom stereocenters. The van der Waals surface area contributed by atoms with Crippen molar-refractivity contribution in [1.29, 1.82) is 0 Å². The maximum Gasteiger partial charge on any atom is 0.0910 e. The Morgan fingerprint density at radius 3 is 2.95 bits per heavy atom. The van der Waals surface area contributed by atoms with Gasteiger partial charge >= 0.3 is 0 Å². The summed E-state index contributed by atoms with van der Waals surface area (Å²) >= 11 is 6.27. The van der Waals surface area contributed by atoms with Crippen LogP contribution in [0.1, 0.15) is 45.0 Å². The van der Waals surface area contributed by atoms with Gasteiger partial charge in [-0.2, -0.15) is 5.10 Å². The maximum absolute atomic E-state index is 6.42. The molecule has 1 aliphatic heterocycles. The Balaban J connectivity index is 2.14. The molecular weight excluding hydrogens is 276 g/mol. The van der Waals surface area contributed by atoms with E-state index in [1.54, 1.807) is 6.20 Å². The summed E-state index contributed by atoms with van der Waals surface area (Å²) < 4.78 is 7.76. The molecule has 5 nitrogen and oxygen atoms in total. The fourth-order valence-electron chi connectivity index (χ4n) is 2.72. The molecule has 0 saturated carbocycles. The van der Waals surface area contributed by atoms with Crippen molar-refractivity contribution >= 4 is 11.6 Å². The number of halogens is 1. The lowest BCUT2D eigenvalue weighted by Crippen LogP contribution is -2.47. The Hall–Kier alpha value is -0.620. The van der Waals surface area contributed by atoms with Crippen LogP contribution in [0.3, 0.4) is 0 Å². The van der Waals surface area contributed by atoms with E-state index >= 15 is 0 Å². The Morgan fingerprint density at radius 2 is 2.30 bits per heavy atom. The van der Waals surface area contributed by atoms with Crippen LogP contribution in [0.4, 0.5) is 0 Å². The zero-order valence-electron chi connectivity index (χ0n) is 12.6. The summed E-state index contributed by atoms with van der Waals surface area (Å²) in [5.74, 6) is 0. The van der Waals surface area contributed by atoms with Crippen LogP contribution in [0.2, 0.25) is 5.02 Å². The van der Waals surface area contributed by atoms with Crippen molar-refractivity contribution in [2.45, 2.75) is 45.4 Å². The average Bonchev–Trinajstić information content (AvgIpc) is 2.81. The van der Waals surface area contributed by atoms with E-state index in [0.717, 1.165) is 38.4 Å². The number of rotatable bonds is 5. The summed E-state index contributed by atoms with van der Waals surface area (Å²) in [4.78, 5) is 2.40. The van der Waals surface area contributed by atoms with Crippen LogP contribution >= 0.6 is 11.6 Å². The van der Waals surface area contributed by atoms with Gasteiger partial charge < -0.3 is 10.5 Å². The molecule has 0 radical (unpaired) electrons. The Bertz CT molecular complexity index is 433. The number of morpholine rings is 1. The molecule has 0 aromatic carbocycles. The van der Waals surface area contributed by atoms with Crippen molar-refractivity contribution in [2.75, 3.05) is 26.2 Å². The van der Waals surface area contributed by atoms with Crippen LogP contribution in [-0.2, 0) is 4.74 Å². The molecule has 0 bridgehead atoms. The third kappa shape index (κ3) is 3.34. The van der Waals surface area contributed by atoms with Crippen molar-refractivity contribution < 1.29 is 4.74 Å². The second-order valence-electron chi connectivity index (χ2n) is 5.65. The molecule has 1 aromatic rings. The van der Waals surface area contributed by atoms with E-state index in [2.05, 4.69) is 30.8 Å². The lowest BCUT2D eigenvalue weighted by Gasteiger charge is -2.36. The second kappa shape index (κ2) is 6.89. The highest BCUT2D eigenvalue weighted by Crippen LogP contribution is 2.28. The van der Waals surface area contributed by atoms with Crippen LogP contribution in [0.15, 0.2) is 6.20 Å². The quantitative estimate of drug-likeness (QED) is 0.906. The molecule has 1 saturated heterocycles. The summed E-state index contributed by atoms with van der Waals surface area (Å²) in [5.41, 5.74) is 7.29. The van der Waals surface area contributed by atoms with Crippen LogP contribution in [-0.4, -0.2) is 47.0 Å². The summed E-state index contributed by atoms with van der Waals surface area (Å²) in [5, 5.41) is 4.95. The Labute approximate surface area is 126 Å². The normalized spacial score (nSPS) is 22.4. The Kier molecular flexibility index (Phi) is 5.43. The van der Waals surface area contributed by atoms with Gasteiger partial charge in [-0.3, -0.25) is 9.58 Å². The number of hydrogen-bond donors (Lipinski definition) is 1. The van der Waals surface area contributed by atoms with Crippen LogP contribution in [0.5, 0.6) is 0 Å². The number of hydrogen-bond acceptors (Lipinski definition) is 4. The average molecular weight is 301 g/mol. The van der Waals surface area contributed by atoms with E-state index < -0.39 is 0 Å². The zero-order chi connectivity index (χ0) is 14.7. The molecule has 2 unspecified atom stereocenters. The highest BCUT2D eigenvalue weighted by Gasteiger charge is 2.30. The van der Waals surface area contributed by atoms with Crippen molar-refractivity contribution in [3.05, 3.63) is 16.9 Å². The Morgan fingerprint density at radius 1 is 1.55 bits per heavy atom. The molecule has 6 heteroatoms. The van der Waals surface area contributed by atoms with Crippen molar-refractivity contribution in [3.63, 3.8) is 0 Å². The first kappa shape index (κ1) is 15.8. The summed E-state index contributed by atoms with van der Waals surface area (Å²) in [6.45, 7) is 9.99. The van der Waals surface area contributed by atoms with Gasteiger partial charge in [-0.05, 0) is 26.8 Å². The van der Waals surface area contributed by atoms with Gasteiger partial charge in [0, 0.05) is 19.1 Å². The largest absolute Gasteiger partial charge is 0.374 e. The van der Waals surface area contributed by atoms with Gasteiger partial charge in [0.1, 0.15) is 0 Å². The minimum absolute atomic E-state index is 0.0259. The molecule has 2 heterocycles. The summed E-state index contributed by atoms with van der Waals surface area (Å²) in [7, 11) is 0. The third-order valence-electron chi connectivity index (χ3n) is 3.71. The number of nitrogens with zero attached hydrogens (tertiary/aromatic N) is 3. The topological polar surface area (TPSA) is 56.3 Å². The fourth-order valence-corrected chi connectivity index (χ4v) is 2.97. The van der Waals surface area contributed by atoms with Crippen LogP contribution in [0.25, 0.3) is 0 Å². The monoisotopic (exact) mass is 300 g/mol. The second-order valence-corrected chi connectivity index (χ2v) is 6.06. The minimum atomic E-state index is -0.243. The predicted octanol–water partition coefficient (Wildman–Crippen LogP) is 2.23. The zero-order valence-corrected chi connectivity index (χ0v) is 13.3. The maximum atomic E-state index is 6.42. The molecule has 1 aliphatic rings. The smallest absolute Gasteiger partial charge is 0.0910 e. The van der Waals surface area contributed by atoms with Gasteiger partial charge in [0.15, 0.2) is 0 Å². The molecule has 114 valence electrons. The predicted molar refractivity (Wildman–Crippen MR) is 81.0 cm³/mol. The van der Waals surface area contributed by atoms with Crippen molar-refractivity contribution in [2.24, 2.45) is 5.73 Å². The number of nitrogens with two attached hydrogens (primary N) is 1. The fraction of sp³-hybridized carbons (Fsp3) is 0.786. The lowest BCUT2D eigenvalue weighted by atomic mass is 10.1. The molecule has 1 aromatic heterocycles. The standard InChI is InChI=1S/C14H25ClN4O/c1-4-5-18-6-7-20-12(9-18)13(16)14-11(15)8-17-19(14)10(2)3/h8,10,12-13H,4-7,9,16H2,1-3H3. The highest BCUT2D eigenvalue weighted by molar-refractivity contribution is 6.31. The number of ether oxygens (including phenoxy) is 1. The van der Waals surface area contributed by atoms with Crippen LogP contribution in [0, 0.1) is 0 Å². The first-order valence-corrected chi connectivity index (χ1v) is 7.74. The van der Waals surface area contributed by atoms with Crippen LogP contribution < -0.4 is 5.73 Å². The molecule has 0 spiro atoms. The first-order chi connectivity index (χ1) is 9.54. The molecular formula is C14H25ClN4O. The van der Waals surface area contributed by atoms with E-state index in [9.17, 15) is 0 Å². The van der Waals surface area contributed by atoms with Gasteiger partial charge in [0.25, 0.3) is 0 Å². The molecule has 20 heavy (non-hydrogen) atoms. The minimum Gasteiger partial charge on any atom is -0.374 e. The van der Waals surface area contributed by atoms with Gasteiger partial charge in [-0.25, -0.2) is 0 Å². The van der Waals surface area contributed by atoms with E-state index in [-0.39, 0.29) is 18.2 Å².